The molecular formula is C19H28N4O4+2. The number of fused-ring (bicyclic) bond motifs is 1. The largest absolute Gasteiger partial charge is 0.464 e. The van der Waals surface area contributed by atoms with E-state index < -0.39 is 5.97 Å². The molecule has 5 N–H and O–H groups in total. The van der Waals surface area contributed by atoms with Crippen molar-refractivity contribution < 1.29 is 29.2 Å². The van der Waals surface area contributed by atoms with Gasteiger partial charge >= 0.3 is 5.97 Å². The summed E-state index contributed by atoms with van der Waals surface area (Å²) in [5.41, 5.74) is 2.57. The van der Waals surface area contributed by atoms with Crippen molar-refractivity contribution in [1.82, 2.24) is 4.98 Å². The highest BCUT2D eigenvalue weighted by Gasteiger charge is 2.26. The lowest BCUT2D eigenvalue weighted by atomic mass is 10.1. The van der Waals surface area contributed by atoms with E-state index in [1.807, 2.05) is 25.1 Å². The lowest BCUT2D eigenvalue weighted by molar-refractivity contribution is -1.01. The predicted octanol–water partition coefficient (Wildman–Crippen LogP) is -2.02. The van der Waals surface area contributed by atoms with Gasteiger partial charge in [-0.2, -0.15) is 0 Å². The normalized spacial score (nSPS) is 19.8. The van der Waals surface area contributed by atoms with Crippen LogP contribution in [0.4, 0.5) is 5.69 Å². The van der Waals surface area contributed by atoms with Gasteiger partial charge in [-0.3, -0.25) is 4.79 Å². The third kappa shape index (κ3) is 4.47. The number of hydrogen-bond donors (Lipinski definition) is 5. The molecule has 0 bridgehead atoms. The van der Waals surface area contributed by atoms with Crippen LogP contribution in [0.1, 0.15) is 16.1 Å². The van der Waals surface area contributed by atoms with Gasteiger partial charge in [0.05, 0.1) is 19.4 Å². The number of carbonyl (C=O) groups is 2. The number of aryl methyl sites for hydroxylation is 1. The Balaban J connectivity index is 1.72. The molecule has 0 aliphatic carbocycles. The third-order valence-electron chi connectivity index (χ3n) is 5.15. The van der Waals surface area contributed by atoms with Crippen molar-refractivity contribution in [3.05, 3.63) is 29.5 Å². The maximum Gasteiger partial charge on any atom is 0.356 e. The number of ether oxygens (including phenoxy) is 1. The molecule has 1 aromatic heterocycles. The summed E-state index contributed by atoms with van der Waals surface area (Å²) in [4.78, 5) is 30.4. The summed E-state index contributed by atoms with van der Waals surface area (Å²) in [6.07, 6.45) is 0. The Morgan fingerprint density at radius 1 is 1.22 bits per heavy atom. The van der Waals surface area contributed by atoms with Crippen LogP contribution in [0.3, 0.4) is 0 Å². The zero-order valence-electron chi connectivity index (χ0n) is 15.9. The van der Waals surface area contributed by atoms with E-state index in [0.717, 1.165) is 49.2 Å². The number of methoxy groups -OCH3 is 1. The van der Waals surface area contributed by atoms with Crippen LogP contribution >= 0.6 is 0 Å². The van der Waals surface area contributed by atoms with Crippen molar-refractivity contribution in [2.24, 2.45) is 0 Å². The molecule has 1 saturated heterocycles. The first-order valence-corrected chi connectivity index (χ1v) is 9.30. The second-order valence-corrected chi connectivity index (χ2v) is 7.11. The number of quaternary nitrogens is 2. The number of hydrogen-bond acceptors (Lipinski definition) is 4. The van der Waals surface area contributed by atoms with Gasteiger partial charge in [0.25, 0.3) is 5.91 Å². The van der Waals surface area contributed by atoms with Crippen LogP contribution in [0.25, 0.3) is 10.9 Å². The lowest BCUT2D eigenvalue weighted by Crippen LogP contribution is -3.28. The van der Waals surface area contributed by atoms with Crippen molar-refractivity contribution in [3.63, 3.8) is 0 Å². The maximum atomic E-state index is 12.6. The second-order valence-electron chi connectivity index (χ2n) is 7.11. The standard InChI is InChI=1S/C19H26N4O4/c1-13-3-4-15-14(11-13)17(18(20-15)19(26)27-2)21-16(25)12-23-7-5-22(6-8-23)9-10-24/h3-4,11,20,24H,5-10,12H2,1-2H3,(H,21,25)/p+2. The highest BCUT2D eigenvalue weighted by Crippen LogP contribution is 2.29. The Labute approximate surface area is 158 Å². The molecule has 27 heavy (non-hydrogen) atoms. The molecule has 0 radical (unpaired) electrons. The van der Waals surface area contributed by atoms with Crippen LogP contribution in [-0.4, -0.2) is 75.0 Å². The summed E-state index contributed by atoms with van der Waals surface area (Å²) in [6.45, 7) is 6.95. The highest BCUT2D eigenvalue weighted by molar-refractivity contribution is 6.11. The molecule has 1 aliphatic heterocycles. The lowest BCUT2D eigenvalue weighted by Gasteiger charge is -2.28. The number of carbonyl (C=O) groups excluding carboxylic acids is 2. The number of piperazine rings is 1. The van der Waals surface area contributed by atoms with Gasteiger partial charge in [0.15, 0.2) is 6.54 Å². The third-order valence-corrected chi connectivity index (χ3v) is 5.15. The van der Waals surface area contributed by atoms with Crippen LogP contribution in [0.5, 0.6) is 0 Å². The van der Waals surface area contributed by atoms with Gasteiger partial charge in [-0.05, 0) is 19.1 Å². The van der Waals surface area contributed by atoms with Gasteiger partial charge < -0.3 is 29.9 Å². The molecule has 0 unspecified atom stereocenters. The summed E-state index contributed by atoms with van der Waals surface area (Å²) in [6, 6.07) is 5.78. The molecule has 1 amide bonds. The van der Waals surface area contributed by atoms with E-state index in [1.54, 1.807) is 0 Å². The summed E-state index contributed by atoms with van der Waals surface area (Å²) in [7, 11) is 1.32. The molecular weight excluding hydrogens is 348 g/mol. The molecule has 0 atom stereocenters. The average molecular weight is 376 g/mol. The zero-order valence-corrected chi connectivity index (χ0v) is 15.9. The first-order valence-electron chi connectivity index (χ1n) is 9.30. The molecule has 2 aromatic rings. The number of aliphatic hydroxyl groups excluding tert-OH is 1. The van der Waals surface area contributed by atoms with Crippen molar-refractivity contribution in [3.8, 4) is 0 Å². The fraction of sp³-hybridized carbons (Fsp3) is 0.474. The quantitative estimate of drug-likeness (QED) is 0.376. The topological polar surface area (TPSA) is 100 Å². The SMILES string of the molecule is COC(=O)c1[nH]c2ccc(C)cc2c1NC(=O)C[NH+]1CC[NH+](CCO)CC1. The van der Waals surface area contributed by atoms with Gasteiger partial charge in [-0.15, -0.1) is 0 Å². The molecule has 0 saturated carbocycles. The first kappa shape index (κ1) is 19.3. The van der Waals surface area contributed by atoms with E-state index in [9.17, 15) is 9.59 Å². The summed E-state index contributed by atoms with van der Waals surface area (Å²) >= 11 is 0. The number of aromatic amines is 1. The number of benzene rings is 1. The van der Waals surface area contributed by atoms with Crippen LogP contribution < -0.4 is 15.1 Å². The number of nitrogens with one attached hydrogen (secondary N) is 4. The van der Waals surface area contributed by atoms with Crippen LogP contribution in [0.2, 0.25) is 0 Å². The molecule has 146 valence electrons. The molecule has 2 heterocycles. The Morgan fingerprint density at radius 2 is 1.93 bits per heavy atom. The van der Waals surface area contributed by atoms with E-state index >= 15 is 0 Å². The Hall–Kier alpha value is -2.42. The van der Waals surface area contributed by atoms with E-state index in [1.165, 1.54) is 16.9 Å². The molecule has 0 spiro atoms. The number of esters is 1. The van der Waals surface area contributed by atoms with Crippen molar-refractivity contribution in [2.45, 2.75) is 6.92 Å². The van der Waals surface area contributed by atoms with Crippen molar-refractivity contribution >= 4 is 28.5 Å². The first-order chi connectivity index (χ1) is 13.0. The number of rotatable bonds is 6. The Morgan fingerprint density at radius 3 is 2.59 bits per heavy atom. The van der Waals surface area contributed by atoms with Gasteiger partial charge in [0, 0.05) is 10.9 Å². The summed E-state index contributed by atoms with van der Waals surface area (Å²) in [5.74, 6) is -0.629. The van der Waals surface area contributed by atoms with E-state index in [4.69, 9.17) is 9.84 Å². The molecule has 1 aromatic carbocycles. The second kappa shape index (κ2) is 8.51. The number of aliphatic hydroxyl groups is 1. The van der Waals surface area contributed by atoms with Gasteiger partial charge in [-0.1, -0.05) is 11.6 Å². The average Bonchev–Trinajstić information content (AvgIpc) is 3.00. The summed E-state index contributed by atoms with van der Waals surface area (Å²) < 4.78 is 4.85. The van der Waals surface area contributed by atoms with Gasteiger partial charge in [-0.25, -0.2) is 4.79 Å². The Bertz CT molecular complexity index is 824. The molecule has 8 heteroatoms. The predicted molar refractivity (Wildman–Crippen MR) is 101 cm³/mol. The van der Waals surface area contributed by atoms with Crippen molar-refractivity contribution in [2.75, 3.05) is 58.3 Å². The fourth-order valence-corrected chi connectivity index (χ4v) is 3.64. The van der Waals surface area contributed by atoms with Gasteiger partial charge in [0.2, 0.25) is 0 Å². The van der Waals surface area contributed by atoms with Gasteiger partial charge in [0.1, 0.15) is 38.4 Å². The number of anilines is 1. The number of amides is 1. The fourth-order valence-electron chi connectivity index (χ4n) is 3.64. The Kier molecular flexibility index (Phi) is 6.10. The molecule has 1 aliphatic rings. The van der Waals surface area contributed by atoms with Crippen LogP contribution in [-0.2, 0) is 9.53 Å². The monoisotopic (exact) mass is 376 g/mol. The smallest absolute Gasteiger partial charge is 0.356 e. The van der Waals surface area contributed by atoms with Crippen LogP contribution in [0, 0.1) is 6.92 Å². The van der Waals surface area contributed by atoms with E-state index in [0.29, 0.717) is 12.2 Å². The summed E-state index contributed by atoms with van der Waals surface area (Å²) in [5, 5.41) is 12.8. The molecule has 1 fully saturated rings. The maximum absolute atomic E-state index is 12.6. The minimum absolute atomic E-state index is 0.122. The zero-order chi connectivity index (χ0) is 19.4. The molecule has 8 nitrogen and oxygen atoms in total. The minimum atomic E-state index is -0.507. The van der Waals surface area contributed by atoms with E-state index in [-0.39, 0.29) is 18.2 Å². The number of H-pyrrole nitrogens is 1. The number of aromatic nitrogens is 1. The van der Waals surface area contributed by atoms with Crippen LogP contribution in [0.15, 0.2) is 18.2 Å². The van der Waals surface area contributed by atoms with Crippen molar-refractivity contribution in [1.29, 1.82) is 0 Å². The molecule has 3 rings (SSSR count). The highest BCUT2D eigenvalue weighted by atomic mass is 16.5. The van der Waals surface area contributed by atoms with E-state index in [2.05, 4.69) is 10.3 Å². The minimum Gasteiger partial charge on any atom is -0.464 e.